The normalized spacial score (nSPS) is 11.8. The Kier molecular flexibility index (Phi) is 6.97. The Morgan fingerprint density at radius 2 is 1.82 bits per heavy atom. The smallest absolute Gasteiger partial charge is 0.321 e. The number of amides is 3. The van der Waals surface area contributed by atoms with Crippen LogP contribution in [0.25, 0.3) is 10.2 Å². The van der Waals surface area contributed by atoms with Crippen LogP contribution in [0.1, 0.15) is 34.5 Å². The van der Waals surface area contributed by atoms with Crippen LogP contribution >= 0.6 is 38.9 Å². The molecular weight excluding hydrogens is 524 g/mol. The van der Waals surface area contributed by atoms with E-state index in [4.69, 9.17) is 11.6 Å². The molecule has 6 nitrogen and oxygen atoms in total. The second kappa shape index (κ2) is 9.91. The number of hydrogen-bond acceptors (Lipinski definition) is 4. The van der Waals surface area contributed by atoms with E-state index in [0.717, 1.165) is 20.3 Å². The van der Waals surface area contributed by atoms with Crippen molar-refractivity contribution in [2.24, 2.45) is 0 Å². The molecule has 0 radical (unpaired) electrons. The number of benzene rings is 3. The molecule has 0 aliphatic heterocycles. The van der Waals surface area contributed by atoms with Gasteiger partial charge in [-0.3, -0.25) is 10.1 Å². The third kappa shape index (κ3) is 5.52. The van der Waals surface area contributed by atoms with E-state index in [1.54, 1.807) is 24.3 Å². The number of nitrogens with zero attached hydrogens (tertiary/aromatic N) is 1. The predicted molar refractivity (Wildman–Crippen MR) is 138 cm³/mol. The molecule has 4 aromatic rings. The van der Waals surface area contributed by atoms with E-state index in [2.05, 4.69) is 36.9 Å². The monoisotopic (exact) mass is 542 g/mol. The van der Waals surface area contributed by atoms with Gasteiger partial charge in [-0.15, -0.1) is 0 Å². The van der Waals surface area contributed by atoms with Gasteiger partial charge in [0.25, 0.3) is 5.91 Å². The molecule has 168 valence electrons. The summed E-state index contributed by atoms with van der Waals surface area (Å²) in [6, 6.07) is 17.9. The maximum absolute atomic E-state index is 12.8. The van der Waals surface area contributed by atoms with Crippen molar-refractivity contribution in [2.45, 2.75) is 19.9 Å². The molecule has 0 saturated heterocycles. The van der Waals surface area contributed by atoms with E-state index in [-0.39, 0.29) is 18.0 Å². The number of fused-ring (bicyclic) bond motifs is 1. The number of halogens is 2. The van der Waals surface area contributed by atoms with Crippen molar-refractivity contribution in [3.63, 3.8) is 0 Å². The molecule has 0 saturated carbocycles. The molecule has 0 aliphatic rings. The summed E-state index contributed by atoms with van der Waals surface area (Å²) in [7, 11) is 0. The summed E-state index contributed by atoms with van der Waals surface area (Å²) in [5, 5.41) is 9.48. The van der Waals surface area contributed by atoms with Crippen molar-refractivity contribution >= 4 is 71.8 Å². The van der Waals surface area contributed by atoms with Gasteiger partial charge in [0.05, 0.1) is 27.0 Å². The predicted octanol–water partition coefficient (Wildman–Crippen LogP) is 7.16. The SMILES string of the molecule is Cc1cccc(Cl)c1NC(=O)c1ccc2nc(NC(=O)NC(C)c3ccc(Br)cc3)sc2c1. The topological polar surface area (TPSA) is 83.1 Å². The Balaban J connectivity index is 1.44. The van der Waals surface area contributed by atoms with Gasteiger partial charge in [0.15, 0.2) is 5.13 Å². The number of thiazole rings is 1. The Morgan fingerprint density at radius 3 is 2.55 bits per heavy atom. The van der Waals surface area contributed by atoms with Gasteiger partial charge in [-0.05, 0) is 61.4 Å². The Labute approximate surface area is 208 Å². The van der Waals surface area contributed by atoms with Gasteiger partial charge < -0.3 is 10.6 Å². The number of nitrogens with one attached hydrogen (secondary N) is 3. The van der Waals surface area contributed by atoms with E-state index in [1.807, 2.05) is 50.2 Å². The lowest BCUT2D eigenvalue weighted by molar-refractivity contribution is 0.102. The van der Waals surface area contributed by atoms with E-state index >= 15 is 0 Å². The second-order valence-corrected chi connectivity index (χ2v) is 9.81. The van der Waals surface area contributed by atoms with Crippen LogP contribution in [0.5, 0.6) is 0 Å². The zero-order chi connectivity index (χ0) is 23.5. The highest BCUT2D eigenvalue weighted by molar-refractivity contribution is 9.10. The maximum Gasteiger partial charge on any atom is 0.321 e. The highest BCUT2D eigenvalue weighted by Gasteiger charge is 2.15. The number of para-hydroxylation sites is 1. The average molecular weight is 544 g/mol. The van der Waals surface area contributed by atoms with Gasteiger partial charge in [-0.1, -0.05) is 63.1 Å². The van der Waals surface area contributed by atoms with Crippen LogP contribution in [-0.4, -0.2) is 16.9 Å². The third-order valence-electron chi connectivity index (χ3n) is 5.05. The number of hydrogen-bond donors (Lipinski definition) is 3. The number of rotatable bonds is 5. The van der Waals surface area contributed by atoms with E-state index in [9.17, 15) is 9.59 Å². The molecule has 3 aromatic carbocycles. The minimum Gasteiger partial charge on any atom is -0.331 e. The van der Waals surface area contributed by atoms with Crippen LogP contribution in [0.3, 0.4) is 0 Å². The quantitative estimate of drug-likeness (QED) is 0.250. The zero-order valence-electron chi connectivity index (χ0n) is 17.8. The van der Waals surface area contributed by atoms with Gasteiger partial charge in [0, 0.05) is 10.0 Å². The van der Waals surface area contributed by atoms with Crippen molar-refractivity contribution in [3.8, 4) is 0 Å². The van der Waals surface area contributed by atoms with Crippen LogP contribution in [-0.2, 0) is 0 Å². The number of carbonyl (C=O) groups excluding carboxylic acids is 2. The molecule has 3 N–H and O–H groups in total. The Morgan fingerprint density at radius 1 is 1.06 bits per heavy atom. The molecule has 0 fully saturated rings. The summed E-state index contributed by atoms with van der Waals surface area (Å²) in [5.41, 5.74) is 3.63. The van der Waals surface area contributed by atoms with Gasteiger partial charge in [-0.2, -0.15) is 0 Å². The highest BCUT2D eigenvalue weighted by atomic mass is 79.9. The maximum atomic E-state index is 12.8. The molecule has 0 spiro atoms. The minimum absolute atomic E-state index is 0.170. The van der Waals surface area contributed by atoms with Gasteiger partial charge in [0.1, 0.15) is 0 Å². The van der Waals surface area contributed by atoms with Crippen LogP contribution in [0, 0.1) is 6.92 Å². The van der Waals surface area contributed by atoms with Crippen LogP contribution in [0.2, 0.25) is 5.02 Å². The highest BCUT2D eigenvalue weighted by Crippen LogP contribution is 2.29. The van der Waals surface area contributed by atoms with Crippen molar-refractivity contribution in [2.75, 3.05) is 10.6 Å². The van der Waals surface area contributed by atoms with Crippen LogP contribution in [0.15, 0.2) is 65.1 Å². The van der Waals surface area contributed by atoms with Crippen LogP contribution in [0.4, 0.5) is 15.6 Å². The molecule has 4 rings (SSSR count). The Bertz CT molecular complexity index is 1320. The molecule has 9 heteroatoms. The summed E-state index contributed by atoms with van der Waals surface area (Å²) < 4.78 is 1.77. The summed E-state index contributed by atoms with van der Waals surface area (Å²) in [5.74, 6) is -0.267. The summed E-state index contributed by atoms with van der Waals surface area (Å²) in [6.07, 6.45) is 0. The molecule has 1 aromatic heterocycles. The van der Waals surface area contributed by atoms with Gasteiger partial charge >= 0.3 is 6.03 Å². The van der Waals surface area contributed by atoms with Gasteiger partial charge in [0.2, 0.25) is 0 Å². The fraction of sp³-hybridized carbons (Fsp3) is 0.125. The molecule has 0 aliphatic carbocycles. The molecular formula is C24H20BrClN4O2S. The van der Waals surface area contributed by atoms with Crippen molar-refractivity contribution < 1.29 is 9.59 Å². The first kappa shape index (κ1) is 23.2. The van der Waals surface area contributed by atoms with Crippen molar-refractivity contribution in [1.29, 1.82) is 0 Å². The molecule has 33 heavy (non-hydrogen) atoms. The number of urea groups is 1. The molecule has 1 heterocycles. The lowest BCUT2D eigenvalue weighted by Crippen LogP contribution is -2.31. The number of anilines is 2. The average Bonchev–Trinajstić information content (AvgIpc) is 3.17. The summed E-state index contributed by atoms with van der Waals surface area (Å²) in [4.78, 5) is 29.6. The largest absolute Gasteiger partial charge is 0.331 e. The standard InChI is InChI=1S/C24H20BrClN4O2S/c1-13-4-3-5-18(26)21(13)29-22(31)16-8-11-19-20(12-16)33-24(28-19)30-23(32)27-14(2)15-6-9-17(25)10-7-15/h3-12,14H,1-2H3,(H,29,31)(H2,27,28,30,32). The lowest BCUT2D eigenvalue weighted by atomic mass is 10.1. The number of aromatic nitrogens is 1. The van der Waals surface area contributed by atoms with Crippen LogP contribution < -0.4 is 16.0 Å². The van der Waals surface area contributed by atoms with E-state index in [1.165, 1.54) is 11.3 Å². The third-order valence-corrected chi connectivity index (χ3v) is 6.83. The molecule has 3 amide bonds. The fourth-order valence-electron chi connectivity index (χ4n) is 3.26. The van der Waals surface area contributed by atoms with E-state index in [0.29, 0.717) is 26.9 Å². The number of carbonyl (C=O) groups is 2. The lowest BCUT2D eigenvalue weighted by Gasteiger charge is -2.14. The minimum atomic E-state index is -0.350. The van der Waals surface area contributed by atoms with E-state index < -0.39 is 0 Å². The molecule has 1 unspecified atom stereocenters. The first-order valence-electron chi connectivity index (χ1n) is 10.1. The summed E-state index contributed by atoms with van der Waals surface area (Å²) >= 11 is 10.9. The molecule has 0 bridgehead atoms. The Hall–Kier alpha value is -2.94. The number of aryl methyl sites for hydroxylation is 1. The van der Waals surface area contributed by atoms with Crippen molar-refractivity contribution in [1.82, 2.24) is 10.3 Å². The van der Waals surface area contributed by atoms with Gasteiger partial charge in [-0.25, -0.2) is 9.78 Å². The second-order valence-electron chi connectivity index (χ2n) is 7.46. The zero-order valence-corrected chi connectivity index (χ0v) is 20.9. The van der Waals surface area contributed by atoms with Crippen molar-refractivity contribution in [3.05, 3.63) is 86.8 Å². The first-order chi connectivity index (χ1) is 15.8. The fourth-order valence-corrected chi connectivity index (χ4v) is 4.69. The first-order valence-corrected chi connectivity index (χ1v) is 12.1. The summed E-state index contributed by atoms with van der Waals surface area (Å²) in [6.45, 7) is 3.79. The molecule has 1 atom stereocenters.